The number of piperidine rings is 1. The fourth-order valence-corrected chi connectivity index (χ4v) is 5.92. The van der Waals surface area contributed by atoms with Gasteiger partial charge in [-0.15, -0.1) is 0 Å². The molecule has 3 rings (SSSR count). The molecule has 0 aromatic heterocycles. The lowest BCUT2D eigenvalue weighted by atomic mass is 10.1. The Labute approximate surface area is 194 Å². The molecule has 0 aliphatic carbocycles. The van der Waals surface area contributed by atoms with Crippen molar-refractivity contribution in [3.05, 3.63) is 23.8 Å². The normalized spacial score (nSPS) is 18.2. The molecule has 1 aromatic carbocycles. The minimum atomic E-state index is -4.26. The number of anilines is 1. The van der Waals surface area contributed by atoms with Crippen molar-refractivity contribution in [3.8, 4) is 0 Å². The minimum Gasteiger partial charge on any atom is -0.371 e. The maximum absolute atomic E-state index is 13.1. The van der Waals surface area contributed by atoms with Crippen LogP contribution in [0.5, 0.6) is 0 Å². The van der Waals surface area contributed by atoms with Gasteiger partial charge in [0.2, 0.25) is 10.0 Å². The number of nitrogens with zero attached hydrogens (tertiary/aromatic N) is 3. The quantitative estimate of drug-likeness (QED) is 0.539. The molecule has 2 saturated heterocycles. The Balaban J connectivity index is 1.72. The SMILES string of the molecule is CN(CCCNC(=O)c1cc(S(=O)(=O)N2CCCCC2)ccc1N1CCCC1)CC(F)(F)F. The fourth-order valence-electron chi connectivity index (χ4n) is 4.38. The zero-order valence-electron chi connectivity index (χ0n) is 19.0. The number of benzene rings is 1. The Morgan fingerprint density at radius 1 is 1.06 bits per heavy atom. The lowest BCUT2D eigenvalue weighted by Gasteiger charge is -2.27. The molecule has 0 unspecified atom stereocenters. The van der Waals surface area contributed by atoms with Gasteiger partial charge in [-0.05, 0) is 63.9 Å². The van der Waals surface area contributed by atoms with Gasteiger partial charge in [-0.2, -0.15) is 17.5 Å². The summed E-state index contributed by atoms with van der Waals surface area (Å²) in [4.78, 5) is 16.3. The third kappa shape index (κ3) is 7.07. The first-order valence-electron chi connectivity index (χ1n) is 11.5. The van der Waals surface area contributed by atoms with Crippen LogP contribution in [-0.4, -0.2) is 82.6 Å². The number of hydrogen-bond donors (Lipinski definition) is 1. The molecule has 7 nitrogen and oxygen atoms in total. The minimum absolute atomic E-state index is 0.0995. The smallest absolute Gasteiger partial charge is 0.371 e. The maximum Gasteiger partial charge on any atom is 0.401 e. The molecule has 2 aliphatic heterocycles. The van der Waals surface area contributed by atoms with Crippen molar-refractivity contribution in [1.82, 2.24) is 14.5 Å². The van der Waals surface area contributed by atoms with Crippen LogP contribution in [0.1, 0.15) is 48.9 Å². The lowest BCUT2D eigenvalue weighted by molar-refractivity contribution is -0.143. The molecular formula is C22H33F3N4O3S. The van der Waals surface area contributed by atoms with Crippen molar-refractivity contribution >= 4 is 21.6 Å². The number of hydrogen-bond acceptors (Lipinski definition) is 5. The van der Waals surface area contributed by atoms with Crippen LogP contribution in [0.2, 0.25) is 0 Å². The number of carbonyl (C=O) groups excluding carboxylic acids is 1. The van der Waals surface area contributed by atoms with E-state index in [1.54, 1.807) is 12.1 Å². The van der Waals surface area contributed by atoms with Crippen molar-refractivity contribution in [2.45, 2.75) is 49.6 Å². The number of carbonyl (C=O) groups is 1. The molecule has 1 aromatic rings. The summed E-state index contributed by atoms with van der Waals surface area (Å²) in [5, 5.41) is 2.76. The van der Waals surface area contributed by atoms with E-state index in [1.165, 1.54) is 17.4 Å². The van der Waals surface area contributed by atoms with Crippen LogP contribution < -0.4 is 10.2 Å². The average molecular weight is 491 g/mol. The maximum atomic E-state index is 13.1. The van der Waals surface area contributed by atoms with Gasteiger partial charge in [-0.1, -0.05) is 6.42 Å². The van der Waals surface area contributed by atoms with Crippen molar-refractivity contribution < 1.29 is 26.4 Å². The Morgan fingerprint density at radius 2 is 1.70 bits per heavy atom. The van der Waals surface area contributed by atoms with Gasteiger partial charge in [-0.25, -0.2) is 8.42 Å². The molecule has 1 N–H and O–H groups in total. The summed E-state index contributed by atoms with van der Waals surface area (Å²) in [6.07, 6.45) is 0.737. The zero-order chi connectivity index (χ0) is 24.1. The highest BCUT2D eigenvalue weighted by Gasteiger charge is 2.30. The second-order valence-electron chi connectivity index (χ2n) is 8.80. The van der Waals surface area contributed by atoms with Gasteiger partial charge in [0, 0.05) is 38.4 Å². The predicted octanol–water partition coefficient (Wildman–Crippen LogP) is 3.08. The monoisotopic (exact) mass is 490 g/mol. The number of amides is 1. The van der Waals surface area contributed by atoms with E-state index in [1.807, 2.05) is 0 Å². The van der Waals surface area contributed by atoms with Gasteiger partial charge in [0.1, 0.15) is 0 Å². The first kappa shape index (κ1) is 25.8. The van der Waals surface area contributed by atoms with Crippen molar-refractivity contribution in [2.24, 2.45) is 0 Å². The summed E-state index contributed by atoms with van der Waals surface area (Å²) in [5.41, 5.74) is 0.982. The predicted molar refractivity (Wildman–Crippen MR) is 121 cm³/mol. The Hall–Kier alpha value is -1.85. The molecule has 2 aliphatic rings. The van der Waals surface area contributed by atoms with Crippen LogP contribution in [0, 0.1) is 0 Å². The third-order valence-corrected chi connectivity index (χ3v) is 7.96. The third-order valence-electron chi connectivity index (χ3n) is 6.06. The summed E-state index contributed by atoms with van der Waals surface area (Å²) >= 11 is 0. The molecule has 1 amide bonds. The lowest BCUT2D eigenvalue weighted by Crippen LogP contribution is -2.36. The summed E-state index contributed by atoms with van der Waals surface area (Å²) in [6.45, 7) is 1.91. The zero-order valence-corrected chi connectivity index (χ0v) is 19.8. The van der Waals surface area contributed by atoms with E-state index in [2.05, 4.69) is 10.2 Å². The van der Waals surface area contributed by atoms with Crippen molar-refractivity contribution in [3.63, 3.8) is 0 Å². The van der Waals surface area contributed by atoms with E-state index < -0.39 is 28.7 Å². The second-order valence-corrected chi connectivity index (χ2v) is 10.7. The summed E-state index contributed by atoms with van der Waals surface area (Å²) < 4.78 is 65.1. The summed E-state index contributed by atoms with van der Waals surface area (Å²) in [7, 11) is -2.31. The molecule has 0 radical (unpaired) electrons. The van der Waals surface area contributed by atoms with E-state index in [0.717, 1.165) is 50.1 Å². The number of sulfonamides is 1. The Bertz CT molecular complexity index is 912. The summed E-state index contributed by atoms with van der Waals surface area (Å²) in [5.74, 6) is -0.411. The highest BCUT2D eigenvalue weighted by Crippen LogP contribution is 2.29. The average Bonchev–Trinajstić information content (AvgIpc) is 3.30. The Kier molecular flexibility index (Phi) is 8.63. The van der Waals surface area contributed by atoms with Gasteiger partial charge < -0.3 is 10.2 Å². The van der Waals surface area contributed by atoms with E-state index in [9.17, 15) is 26.4 Å². The molecule has 0 atom stereocenters. The molecule has 33 heavy (non-hydrogen) atoms. The van der Waals surface area contributed by atoms with Crippen LogP contribution in [-0.2, 0) is 10.0 Å². The number of halogens is 3. The van der Waals surface area contributed by atoms with Crippen molar-refractivity contribution in [1.29, 1.82) is 0 Å². The summed E-state index contributed by atoms with van der Waals surface area (Å²) in [6, 6.07) is 4.72. The first-order chi connectivity index (χ1) is 15.6. The van der Waals surface area contributed by atoms with Crippen LogP contribution in [0.15, 0.2) is 23.1 Å². The van der Waals surface area contributed by atoms with Gasteiger partial charge in [-0.3, -0.25) is 9.69 Å². The fraction of sp³-hybridized carbons (Fsp3) is 0.682. The highest BCUT2D eigenvalue weighted by molar-refractivity contribution is 7.89. The van der Waals surface area contributed by atoms with E-state index in [4.69, 9.17) is 0 Å². The molecule has 186 valence electrons. The topological polar surface area (TPSA) is 73.0 Å². The van der Waals surface area contributed by atoms with Crippen LogP contribution in [0.3, 0.4) is 0 Å². The van der Waals surface area contributed by atoms with Crippen LogP contribution in [0.4, 0.5) is 18.9 Å². The number of alkyl halides is 3. The molecule has 0 spiro atoms. The van der Waals surface area contributed by atoms with Crippen LogP contribution in [0.25, 0.3) is 0 Å². The molecule has 11 heteroatoms. The first-order valence-corrected chi connectivity index (χ1v) is 12.9. The standard InChI is InChI=1S/C22H33F3N4O3S/c1-27(17-22(23,24)25)11-7-10-26-21(30)19-16-18(8-9-20(19)28-12-5-6-13-28)33(31,32)29-14-3-2-4-15-29/h8-9,16H,2-7,10-15,17H2,1H3,(H,26,30). The van der Waals surface area contributed by atoms with Crippen molar-refractivity contribution in [2.75, 3.05) is 57.8 Å². The van der Waals surface area contributed by atoms with E-state index in [-0.39, 0.29) is 18.0 Å². The molecule has 2 heterocycles. The van der Waals surface area contributed by atoms with E-state index >= 15 is 0 Å². The molecule has 2 fully saturated rings. The van der Waals surface area contributed by atoms with Gasteiger partial charge >= 0.3 is 6.18 Å². The van der Waals surface area contributed by atoms with E-state index in [0.29, 0.717) is 30.8 Å². The molecule has 0 saturated carbocycles. The molecular weight excluding hydrogens is 457 g/mol. The van der Waals surface area contributed by atoms with Gasteiger partial charge in [0.25, 0.3) is 5.91 Å². The Morgan fingerprint density at radius 3 is 2.33 bits per heavy atom. The second kappa shape index (κ2) is 11.1. The number of nitrogens with one attached hydrogen (secondary N) is 1. The molecule has 0 bridgehead atoms. The van der Waals surface area contributed by atoms with Gasteiger partial charge in [0.05, 0.1) is 17.0 Å². The number of rotatable bonds is 9. The highest BCUT2D eigenvalue weighted by atomic mass is 32.2. The van der Waals surface area contributed by atoms with Gasteiger partial charge in [0.15, 0.2) is 0 Å². The largest absolute Gasteiger partial charge is 0.401 e. The van der Waals surface area contributed by atoms with Crippen LogP contribution >= 0.6 is 0 Å².